The first-order valence-corrected chi connectivity index (χ1v) is 4.57. The fraction of sp³-hybridized carbons (Fsp3) is 0.600. The molecule has 0 bridgehead atoms. The van der Waals surface area contributed by atoms with Crippen LogP contribution in [-0.2, 0) is 11.3 Å². The van der Waals surface area contributed by atoms with Crippen LogP contribution in [0.3, 0.4) is 0 Å². The van der Waals surface area contributed by atoms with E-state index >= 15 is 0 Å². The van der Waals surface area contributed by atoms with Gasteiger partial charge in [-0.2, -0.15) is 0 Å². The van der Waals surface area contributed by atoms with Gasteiger partial charge in [0, 0.05) is 6.61 Å². The highest BCUT2D eigenvalue weighted by Crippen LogP contribution is 2.09. The summed E-state index contributed by atoms with van der Waals surface area (Å²) >= 11 is 0. The molecule has 0 spiro atoms. The molecule has 1 saturated heterocycles. The summed E-state index contributed by atoms with van der Waals surface area (Å²) in [7, 11) is 0. The fourth-order valence-electron chi connectivity index (χ4n) is 1.14. The Morgan fingerprint density at radius 1 is 1.62 bits per heavy atom. The molecule has 2 heterocycles. The molecule has 13 heavy (non-hydrogen) atoms. The van der Waals surface area contributed by atoms with Crippen molar-refractivity contribution in [3.8, 4) is 0 Å². The second-order valence-corrected chi connectivity index (χ2v) is 3.06. The van der Waals surface area contributed by atoms with Gasteiger partial charge >= 0.3 is 0 Å². The average Bonchev–Trinajstić information content (AvgIpc) is 2.76. The minimum Gasteiger partial charge on any atom is -0.467 e. The van der Waals surface area contributed by atoms with Gasteiger partial charge in [-0.1, -0.05) is 0 Å². The third-order valence-electron chi connectivity index (χ3n) is 1.89. The van der Waals surface area contributed by atoms with Crippen molar-refractivity contribution in [3.05, 3.63) is 24.2 Å². The average molecular weight is 184 g/mol. The molecule has 1 N–H and O–H groups in total. The van der Waals surface area contributed by atoms with Gasteiger partial charge in [0.15, 0.2) is 0 Å². The summed E-state index contributed by atoms with van der Waals surface area (Å²) in [6.45, 7) is 3.10. The molecule has 0 saturated carbocycles. The summed E-state index contributed by atoms with van der Waals surface area (Å²) in [6.07, 6.45) is 4.61. The van der Waals surface area contributed by atoms with Crippen LogP contribution in [0.4, 0.5) is 0 Å². The summed E-state index contributed by atoms with van der Waals surface area (Å²) in [6, 6.07) is 3.46. The van der Waals surface area contributed by atoms with Gasteiger partial charge in [-0.3, -0.25) is 0 Å². The van der Waals surface area contributed by atoms with Crippen LogP contribution in [0.5, 0.6) is 0 Å². The van der Waals surface area contributed by atoms with Crippen LogP contribution in [0.25, 0.3) is 0 Å². The van der Waals surface area contributed by atoms with E-state index in [4.69, 9.17) is 14.3 Å². The molecule has 0 aliphatic carbocycles. The lowest BCUT2D eigenvalue weighted by Gasteiger charge is -1.94. The third-order valence-corrected chi connectivity index (χ3v) is 1.89. The van der Waals surface area contributed by atoms with E-state index in [-0.39, 0.29) is 6.61 Å². The van der Waals surface area contributed by atoms with Crippen molar-refractivity contribution in [2.24, 2.45) is 0 Å². The quantitative estimate of drug-likeness (QED) is 0.725. The van der Waals surface area contributed by atoms with E-state index in [2.05, 4.69) is 6.92 Å². The molecule has 0 radical (unpaired) electrons. The van der Waals surface area contributed by atoms with E-state index in [1.165, 1.54) is 19.1 Å². The summed E-state index contributed by atoms with van der Waals surface area (Å²) in [4.78, 5) is 0. The largest absolute Gasteiger partial charge is 0.467 e. The minimum atomic E-state index is -0.00694. The Kier molecular flexibility index (Phi) is 4.57. The first kappa shape index (κ1) is 10.3. The highest BCUT2D eigenvalue weighted by Gasteiger charge is 2.07. The minimum absolute atomic E-state index is 0.00694. The Labute approximate surface area is 78.3 Å². The molecule has 3 nitrogen and oxygen atoms in total. The second kappa shape index (κ2) is 5.78. The number of aliphatic hydroxyl groups is 1. The molecular formula is C10H16O3. The first-order valence-electron chi connectivity index (χ1n) is 4.57. The van der Waals surface area contributed by atoms with E-state index in [0.29, 0.717) is 11.9 Å². The number of furan rings is 1. The van der Waals surface area contributed by atoms with Crippen LogP contribution < -0.4 is 0 Å². The Hall–Kier alpha value is -0.800. The van der Waals surface area contributed by atoms with Crippen LogP contribution in [-0.4, -0.2) is 17.8 Å². The van der Waals surface area contributed by atoms with E-state index in [9.17, 15) is 0 Å². The molecule has 2 rings (SSSR count). The standard InChI is InChI=1S/C5H6O2.C5H10O/c6-4-5-2-1-3-7-5;1-5-3-2-4-6-5/h1-3,6H,4H2;5H,2-4H2,1H3. The van der Waals surface area contributed by atoms with E-state index < -0.39 is 0 Å². The van der Waals surface area contributed by atoms with E-state index in [1.54, 1.807) is 12.1 Å². The van der Waals surface area contributed by atoms with E-state index in [0.717, 1.165) is 6.61 Å². The lowest BCUT2D eigenvalue weighted by Crippen LogP contribution is -1.94. The zero-order chi connectivity index (χ0) is 9.52. The normalized spacial score (nSPS) is 20.9. The van der Waals surface area contributed by atoms with Gasteiger partial charge in [0.2, 0.25) is 0 Å². The third kappa shape index (κ3) is 4.10. The molecule has 1 atom stereocenters. The molecular weight excluding hydrogens is 168 g/mol. The molecule has 1 aromatic rings. The van der Waals surface area contributed by atoms with Gasteiger partial charge in [-0.25, -0.2) is 0 Å². The van der Waals surface area contributed by atoms with Gasteiger partial charge < -0.3 is 14.3 Å². The van der Waals surface area contributed by atoms with Crippen LogP contribution >= 0.6 is 0 Å². The van der Waals surface area contributed by atoms with Crippen LogP contribution in [0, 0.1) is 0 Å². The van der Waals surface area contributed by atoms with Crippen molar-refractivity contribution in [1.82, 2.24) is 0 Å². The molecule has 0 aromatic carbocycles. The zero-order valence-electron chi connectivity index (χ0n) is 7.90. The maximum absolute atomic E-state index is 8.33. The summed E-state index contributed by atoms with van der Waals surface area (Å²) in [5, 5.41) is 8.33. The molecule has 74 valence electrons. The van der Waals surface area contributed by atoms with Crippen molar-refractivity contribution in [1.29, 1.82) is 0 Å². The van der Waals surface area contributed by atoms with Crippen molar-refractivity contribution in [2.75, 3.05) is 6.61 Å². The lowest BCUT2D eigenvalue weighted by atomic mass is 10.3. The summed E-state index contributed by atoms with van der Waals surface area (Å²) in [5.41, 5.74) is 0. The maximum Gasteiger partial charge on any atom is 0.129 e. The molecule has 1 fully saturated rings. The van der Waals surface area contributed by atoms with Gasteiger partial charge in [0.05, 0.1) is 12.4 Å². The monoisotopic (exact) mass is 184 g/mol. The van der Waals surface area contributed by atoms with Crippen molar-refractivity contribution >= 4 is 0 Å². The van der Waals surface area contributed by atoms with Gasteiger partial charge in [-0.05, 0) is 31.9 Å². The number of aliphatic hydroxyl groups excluding tert-OH is 1. The highest BCUT2D eigenvalue weighted by atomic mass is 16.5. The number of hydrogen-bond acceptors (Lipinski definition) is 3. The first-order chi connectivity index (χ1) is 6.33. The van der Waals surface area contributed by atoms with Crippen LogP contribution in [0.15, 0.2) is 22.8 Å². The van der Waals surface area contributed by atoms with Crippen molar-refractivity contribution in [2.45, 2.75) is 32.5 Å². The second-order valence-electron chi connectivity index (χ2n) is 3.06. The molecule has 1 aliphatic rings. The van der Waals surface area contributed by atoms with E-state index in [1.807, 2.05) is 0 Å². The van der Waals surface area contributed by atoms with Gasteiger partial charge in [0.1, 0.15) is 12.4 Å². The van der Waals surface area contributed by atoms with Gasteiger partial charge in [-0.15, -0.1) is 0 Å². The predicted molar refractivity (Wildman–Crippen MR) is 49.3 cm³/mol. The number of hydrogen-bond donors (Lipinski definition) is 1. The topological polar surface area (TPSA) is 42.6 Å². The zero-order valence-corrected chi connectivity index (χ0v) is 7.90. The lowest BCUT2D eigenvalue weighted by molar-refractivity contribution is 0.125. The van der Waals surface area contributed by atoms with Crippen molar-refractivity contribution in [3.63, 3.8) is 0 Å². The van der Waals surface area contributed by atoms with Crippen LogP contribution in [0.2, 0.25) is 0 Å². The SMILES string of the molecule is CC1CCCO1.OCc1ccco1. The Morgan fingerprint density at radius 3 is 2.69 bits per heavy atom. The fourth-order valence-corrected chi connectivity index (χ4v) is 1.14. The molecule has 1 unspecified atom stereocenters. The summed E-state index contributed by atoms with van der Waals surface area (Å²) in [5.74, 6) is 0.611. The Morgan fingerprint density at radius 2 is 2.46 bits per heavy atom. The number of ether oxygens (including phenoxy) is 1. The molecule has 1 aliphatic heterocycles. The van der Waals surface area contributed by atoms with Crippen LogP contribution in [0.1, 0.15) is 25.5 Å². The molecule has 1 aromatic heterocycles. The smallest absolute Gasteiger partial charge is 0.129 e. The van der Waals surface area contributed by atoms with Crippen molar-refractivity contribution < 1.29 is 14.3 Å². The Balaban J connectivity index is 0.000000132. The maximum atomic E-state index is 8.33. The Bertz CT molecular complexity index is 200. The number of rotatable bonds is 1. The molecule has 0 amide bonds. The molecule has 3 heteroatoms. The van der Waals surface area contributed by atoms with Gasteiger partial charge in [0.25, 0.3) is 0 Å². The predicted octanol–water partition coefficient (Wildman–Crippen LogP) is 1.96. The summed E-state index contributed by atoms with van der Waals surface area (Å²) < 4.78 is 9.89. The highest BCUT2D eigenvalue weighted by molar-refractivity contribution is 4.95.